The van der Waals surface area contributed by atoms with Gasteiger partial charge in [-0.1, -0.05) is 6.07 Å². The van der Waals surface area contributed by atoms with Crippen molar-refractivity contribution in [2.24, 2.45) is 4.99 Å². The van der Waals surface area contributed by atoms with Crippen LogP contribution in [0.1, 0.15) is 24.2 Å². The van der Waals surface area contributed by atoms with Crippen molar-refractivity contribution < 1.29 is 0 Å². The Hall–Kier alpha value is -1.35. The van der Waals surface area contributed by atoms with Gasteiger partial charge in [0.05, 0.1) is 17.2 Å². The maximum Gasteiger partial charge on any atom is 0.191 e. The Morgan fingerprint density at radius 3 is 2.72 bits per heavy atom. The normalized spacial score (nSPS) is 15.6. The molecule has 0 aromatic carbocycles. The molecule has 2 N–H and O–H groups in total. The van der Waals surface area contributed by atoms with Crippen molar-refractivity contribution in [3.05, 3.63) is 47.1 Å². The molecule has 2 aromatic heterocycles. The van der Waals surface area contributed by atoms with Crippen LogP contribution in [-0.2, 0) is 6.54 Å². The van der Waals surface area contributed by atoms with Crippen LogP contribution in [0.2, 0.25) is 0 Å². The van der Waals surface area contributed by atoms with Gasteiger partial charge < -0.3 is 15.5 Å². The van der Waals surface area contributed by atoms with Crippen molar-refractivity contribution in [3.63, 3.8) is 0 Å². The molecule has 0 radical (unpaired) electrons. The zero-order valence-electron chi connectivity index (χ0n) is 14.7. The summed E-state index contributed by atoms with van der Waals surface area (Å²) in [6, 6.07) is 10.9. The molecule has 0 atom stereocenters. The minimum absolute atomic E-state index is 0. The molecule has 1 fully saturated rings. The summed E-state index contributed by atoms with van der Waals surface area (Å²) in [5.41, 5.74) is 2.07. The van der Waals surface area contributed by atoms with Crippen LogP contribution in [0.4, 0.5) is 5.00 Å². The zero-order chi connectivity index (χ0) is 16.8. The molecule has 1 aliphatic heterocycles. The van der Waals surface area contributed by atoms with Crippen molar-refractivity contribution in [3.8, 4) is 0 Å². The summed E-state index contributed by atoms with van der Waals surface area (Å²) >= 11 is 1.82. The monoisotopic (exact) mass is 471 g/mol. The highest BCUT2D eigenvalue weighted by Crippen LogP contribution is 2.24. The average molecular weight is 471 g/mol. The van der Waals surface area contributed by atoms with Crippen molar-refractivity contribution in [2.75, 3.05) is 25.0 Å². The van der Waals surface area contributed by atoms with E-state index in [0.29, 0.717) is 12.6 Å². The fourth-order valence-corrected chi connectivity index (χ4v) is 3.74. The summed E-state index contributed by atoms with van der Waals surface area (Å²) in [7, 11) is 1.82. The third-order valence-corrected chi connectivity index (χ3v) is 5.19. The minimum Gasteiger partial charge on any atom is -0.363 e. The largest absolute Gasteiger partial charge is 0.363 e. The van der Waals surface area contributed by atoms with Gasteiger partial charge in [-0.05, 0) is 49.4 Å². The van der Waals surface area contributed by atoms with Gasteiger partial charge in [0.2, 0.25) is 0 Å². The number of hydrogen-bond acceptors (Lipinski definition) is 4. The molecule has 0 aliphatic carbocycles. The highest BCUT2D eigenvalue weighted by molar-refractivity contribution is 14.0. The quantitative estimate of drug-likeness (QED) is 0.408. The van der Waals surface area contributed by atoms with Gasteiger partial charge in [0, 0.05) is 31.9 Å². The number of hydrogen-bond donors (Lipinski definition) is 2. The molecule has 5 nitrogen and oxygen atoms in total. The topological polar surface area (TPSA) is 52.6 Å². The number of nitrogens with zero attached hydrogens (tertiary/aromatic N) is 3. The van der Waals surface area contributed by atoms with Crippen LogP contribution in [0.25, 0.3) is 0 Å². The van der Waals surface area contributed by atoms with Crippen molar-refractivity contribution >= 4 is 46.3 Å². The minimum atomic E-state index is 0. The molecule has 136 valence electrons. The molecule has 0 spiro atoms. The van der Waals surface area contributed by atoms with Crippen LogP contribution in [0.15, 0.2) is 40.7 Å². The number of aliphatic imine (C=N–C) groups is 1. The third kappa shape index (κ3) is 5.85. The molecule has 0 amide bonds. The van der Waals surface area contributed by atoms with Gasteiger partial charge >= 0.3 is 0 Å². The Kier molecular flexibility index (Phi) is 7.95. The predicted molar refractivity (Wildman–Crippen MR) is 117 cm³/mol. The van der Waals surface area contributed by atoms with Crippen LogP contribution < -0.4 is 15.5 Å². The maximum atomic E-state index is 4.51. The lowest BCUT2D eigenvalue weighted by Gasteiger charge is -2.33. The van der Waals surface area contributed by atoms with Gasteiger partial charge in [-0.15, -0.1) is 35.3 Å². The zero-order valence-corrected chi connectivity index (χ0v) is 17.9. The predicted octanol–water partition coefficient (Wildman–Crippen LogP) is 3.40. The number of aryl methyl sites for hydroxylation is 1. The summed E-state index contributed by atoms with van der Waals surface area (Å²) in [5, 5.41) is 10.4. The SMILES string of the molecule is CN=C(NCc1cccc(C)n1)NC1CCN(c2cccs2)CC1.I. The molecule has 1 saturated heterocycles. The smallest absolute Gasteiger partial charge is 0.191 e. The number of nitrogens with one attached hydrogen (secondary N) is 2. The fourth-order valence-electron chi connectivity index (χ4n) is 2.95. The first-order chi connectivity index (χ1) is 11.7. The van der Waals surface area contributed by atoms with E-state index in [2.05, 4.69) is 43.0 Å². The lowest BCUT2D eigenvalue weighted by Crippen LogP contribution is -2.48. The molecular formula is C18H26IN5S. The number of pyridine rings is 1. The number of halogens is 1. The Bertz CT molecular complexity index is 666. The molecule has 2 aromatic rings. The van der Waals surface area contributed by atoms with Crippen LogP contribution >= 0.6 is 35.3 Å². The number of thiophene rings is 1. The van der Waals surface area contributed by atoms with Gasteiger partial charge in [0.25, 0.3) is 0 Å². The van der Waals surface area contributed by atoms with Gasteiger partial charge in [-0.3, -0.25) is 9.98 Å². The van der Waals surface area contributed by atoms with E-state index in [4.69, 9.17) is 0 Å². The van der Waals surface area contributed by atoms with Gasteiger partial charge in [0.15, 0.2) is 5.96 Å². The first-order valence-electron chi connectivity index (χ1n) is 8.43. The highest BCUT2D eigenvalue weighted by Gasteiger charge is 2.20. The maximum absolute atomic E-state index is 4.51. The number of anilines is 1. The highest BCUT2D eigenvalue weighted by atomic mass is 127. The standard InChI is InChI=1S/C18H25N5S.HI/c1-14-5-3-6-16(21-14)13-20-18(19-2)22-15-8-10-23(11-9-15)17-7-4-12-24-17;/h3-7,12,15H,8-11,13H2,1-2H3,(H2,19,20,22);1H. The summed E-state index contributed by atoms with van der Waals surface area (Å²) in [4.78, 5) is 11.3. The van der Waals surface area contributed by atoms with Crippen LogP contribution in [0.5, 0.6) is 0 Å². The molecule has 3 heterocycles. The fraction of sp³-hybridized carbons (Fsp3) is 0.444. The molecule has 7 heteroatoms. The van der Waals surface area contributed by atoms with E-state index in [1.807, 2.05) is 43.5 Å². The van der Waals surface area contributed by atoms with Gasteiger partial charge in [0.1, 0.15) is 0 Å². The van der Waals surface area contributed by atoms with E-state index in [1.165, 1.54) is 5.00 Å². The van der Waals surface area contributed by atoms with E-state index >= 15 is 0 Å². The van der Waals surface area contributed by atoms with Gasteiger partial charge in [-0.25, -0.2) is 0 Å². The van der Waals surface area contributed by atoms with Gasteiger partial charge in [-0.2, -0.15) is 0 Å². The van der Waals surface area contributed by atoms with Crippen molar-refractivity contribution in [1.29, 1.82) is 0 Å². The molecule has 3 rings (SSSR count). The van der Waals surface area contributed by atoms with E-state index in [9.17, 15) is 0 Å². The lowest BCUT2D eigenvalue weighted by atomic mass is 10.1. The summed E-state index contributed by atoms with van der Waals surface area (Å²) in [5.74, 6) is 0.855. The Balaban J connectivity index is 0.00000225. The molecule has 0 unspecified atom stereocenters. The van der Waals surface area contributed by atoms with Crippen molar-refractivity contribution in [2.45, 2.75) is 32.4 Å². The van der Waals surface area contributed by atoms with E-state index in [0.717, 1.165) is 43.3 Å². The summed E-state index contributed by atoms with van der Waals surface area (Å²) in [6.07, 6.45) is 2.25. The lowest BCUT2D eigenvalue weighted by molar-refractivity contribution is 0.462. The number of guanidine groups is 1. The second kappa shape index (κ2) is 9.96. The number of piperidine rings is 1. The molecule has 25 heavy (non-hydrogen) atoms. The van der Waals surface area contributed by atoms with Crippen LogP contribution in [0, 0.1) is 6.92 Å². The van der Waals surface area contributed by atoms with Crippen LogP contribution in [0.3, 0.4) is 0 Å². The van der Waals surface area contributed by atoms with E-state index < -0.39 is 0 Å². The van der Waals surface area contributed by atoms with Crippen LogP contribution in [-0.4, -0.2) is 37.1 Å². The van der Waals surface area contributed by atoms with Crippen molar-refractivity contribution in [1.82, 2.24) is 15.6 Å². The Morgan fingerprint density at radius 1 is 1.28 bits per heavy atom. The number of rotatable bonds is 4. The molecule has 1 aliphatic rings. The molecule has 0 bridgehead atoms. The van der Waals surface area contributed by atoms with E-state index in [1.54, 1.807) is 0 Å². The average Bonchev–Trinajstić information content (AvgIpc) is 3.14. The Morgan fingerprint density at radius 2 is 2.08 bits per heavy atom. The van der Waals surface area contributed by atoms with E-state index in [-0.39, 0.29) is 24.0 Å². The second-order valence-corrected chi connectivity index (χ2v) is 6.98. The second-order valence-electron chi connectivity index (χ2n) is 6.05. The number of aromatic nitrogens is 1. The first-order valence-corrected chi connectivity index (χ1v) is 9.31. The third-order valence-electron chi connectivity index (χ3n) is 4.26. The Labute approximate surface area is 171 Å². The summed E-state index contributed by atoms with van der Waals surface area (Å²) < 4.78 is 0. The molecular weight excluding hydrogens is 445 g/mol. The summed E-state index contributed by atoms with van der Waals surface area (Å²) in [6.45, 7) is 4.89. The first kappa shape index (κ1) is 20.0. The molecule has 0 saturated carbocycles.